The number of nitrogens with zero attached hydrogens (tertiary/aromatic N) is 3. The zero-order valence-corrected chi connectivity index (χ0v) is 16.4. The van der Waals surface area contributed by atoms with Crippen LogP contribution in [-0.4, -0.2) is 15.4 Å². The fourth-order valence-corrected chi connectivity index (χ4v) is 3.27. The first-order valence-electron chi connectivity index (χ1n) is 8.83. The smallest absolute Gasteiger partial charge is 0.277 e. The highest BCUT2D eigenvalue weighted by Gasteiger charge is 2.12. The van der Waals surface area contributed by atoms with Gasteiger partial charge in [-0.05, 0) is 31.0 Å². The quantitative estimate of drug-likeness (QED) is 0.399. The third-order valence-corrected chi connectivity index (χ3v) is 4.95. The Hall–Kier alpha value is -3.06. The Morgan fingerprint density at radius 3 is 2.71 bits per heavy atom. The molecule has 0 aliphatic heterocycles. The largest absolute Gasteiger partial charge is 0.484 e. The van der Waals surface area contributed by atoms with Crippen molar-refractivity contribution in [1.82, 2.24) is 15.4 Å². The summed E-state index contributed by atoms with van der Waals surface area (Å²) in [6.07, 6.45) is 0. The number of hydrogen-bond donors (Lipinski definition) is 0. The molecule has 0 saturated heterocycles. The van der Waals surface area contributed by atoms with Crippen LogP contribution >= 0.6 is 11.8 Å². The maximum absolute atomic E-state index is 5.80. The summed E-state index contributed by atoms with van der Waals surface area (Å²) >= 11 is 1.40. The summed E-state index contributed by atoms with van der Waals surface area (Å²) in [6, 6.07) is 17.9. The summed E-state index contributed by atoms with van der Waals surface area (Å²) in [7, 11) is 0. The molecule has 2 aromatic heterocycles. The molecule has 7 heteroatoms. The number of hydrogen-bond acceptors (Lipinski definition) is 7. The Balaban J connectivity index is 1.33. The molecule has 142 valence electrons. The molecule has 6 nitrogen and oxygen atoms in total. The molecule has 4 rings (SSSR count). The minimum Gasteiger partial charge on any atom is -0.484 e. The Labute approximate surface area is 166 Å². The van der Waals surface area contributed by atoms with Crippen LogP contribution in [0.3, 0.4) is 0 Å². The molecule has 0 aliphatic carbocycles. The van der Waals surface area contributed by atoms with Gasteiger partial charge < -0.3 is 13.7 Å². The van der Waals surface area contributed by atoms with Gasteiger partial charge in [0.25, 0.3) is 11.1 Å². The van der Waals surface area contributed by atoms with E-state index in [1.807, 2.05) is 62.4 Å². The van der Waals surface area contributed by atoms with Crippen molar-refractivity contribution in [3.63, 3.8) is 0 Å². The molecule has 2 aromatic carbocycles. The summed E-state index contributed by atoms with van der Waals surface area (Å²) in [5, 5.41) is 12.7. The lowest BCUT2D eigenvalue weighted by atomic mass is 10.1. The summed E-state index contributed by atoms with van der Waals surface area (Å²) < 4.78 is 16.8. The fourth-order valence-electron chi connectivity index (χ4n) is 2.62. The summed E-state index contributed by atoms with van der Waals surface area (Å²) in [5.74, 6) is 2.56. The van der Waals surface area contributed by atoms with Gasteiger partial charge in [-0.15, -0.1) is 10.2 Å². The molecule has 4 aromatic rings. The Morgan fingerprint density at radius 2 is 1.86 bits per heavy atom. The fraction of sp³-hybridized carbons (Fsp3) is 0.190. The Bertz CT molecular complexity index is 1060. The van der Waals surface area contributed by atoms with Gasteiger partial charge in [0.1, 0.15) is 17.2 Å². The van der Waals surface area contributed by atoms with E-state index in [1.54, 1.807) is 0 Å². The SMILES string of the molecule is Cc1ccc(C)c(OCc2nnc(SCc3cc(-c4ccccc4)no3)o2)c1. The molecule has 0 atom stereocenters. The van der Waals surface area contributed by atoms with Gasteiger partial charge in [-0.3, -0.25) is 0 Å². The van der Waals surface area contributed by atoms with Gasteiger partial charge in [0.2, 0.25) is 0 Å². The monoisotopic (exact) mass is 393 g/mol. The van der Waals surface area contributed by atoms with Gasteiger partial charge in [0.05, 0.1) is 5.75 Å². The zero-order chi connectivity index (χ0) is 19.3. The molecule has 0 amide bonds. The number of rotatable bonds is 7. The average Bonchev–Trinajstić information content (AvgIpc) is 3.37. The van der Waals surface area contributed by atoms with E-state index >= 15 is 0 Å². The van der Waals surface area contributed by atoms with Crippen LogP contribution in [-0.2, 0) is 12.4 Å². The molecule has 0 aliphatic rings. The van der Waals surface area contributed by atoms with Crippen LogP contribution in [0, 0.1) is 13.8 Å². The van der Waals surface area contributed by atoms with Crippen molar-refractivity contribution in [2.45, 2.75) is 31.4 Å². The van der Waals surface area contributed by atoms with Crippen molar-refractivity contribution in [3.8, 4) is 17.0 Å². The van der Waals surface area contributed by atoms with E-state index in [0.29, 0.717) is 16.9 Å². The van der Waals surface area contributed by atoms with Crippen LogP contribution < -0.4 is 4.74 Å². The van der Waals surface area contributed by atoms with Gasteiger partial charge in [-0.25, -0.2) is 0 Å². The minimum atomic E-state index is 0.234. The normalized spacial score (nSPS) is 10.9. The second-order valence-corrected chi connectivity index (χ2v) is 7.28. The van der Waals surface area contributed by atoms with Gasteiger partial charge in [0.15, 0.2) is 6.61 Å². The molecular weight excluding hydrogens is 374 g/mol. The predicted octanol–water partition coefficient (Wildman–Crippen LogP) is 5.21. The molecule has 0 unspecified atom stereocenters. The van der Waals surface area contributed by atoms with Crippen LogP contribution in [0.4, 0.5) is 0 Å². The van der Waals surface area contributed by atoms with Crippen molar-refractivity contribution in [3.05, 3.63) is 77.4 Å². The van der Waals surface area contributed by atoms with Gasteiger partial charge in [-0.2, -0.15) is 0 Å². The molecule has 2 heterocycles. The van der Waals surface area contributed by atoms with E-state index in [0.717, 1.165) is 33.9 Å². The zero-order valence-electron chi connectivity index (χ0n) is 15.6. The van der Waals surface area contributed by atoms with E-state index in [-0.39, 0.29) is 6.61 Å². The Morgan fingerprint density at radius 1 is 1.00 bits per heavy atom. The van der Waals surface area contributed by atoms with Crippen LogP contribution in [0.1, 0.15) is 22.8 Å². The summed E-state index contributed by atoms with van der Waals surface area (Å²) in [6.45, 7) is 4.27. The number of benzene rings is 2. The van der Waals surface area contributed by atoms with Crippen LogP contribution in [0.2, 0.25) is 0 Å². The molecule has 0 N–H and O–H groups in total. The third kappa shape index (κ3) is 4.43. The lowest BCUT2D eigenvalue weighted by Gasteiger charge is -2.07. The number of thioether (sulfide) groups is 1. The lowest BCUT2D eigenvalue weighted by molar-refractivity contribution is 0.250. The highest BCUT2D eigenvalue weighted by Crippen LogP contribution is 2.26. The first kappa shape index (κ1) is 18.3. The highest BCUT2D eigenvalue weighted by molar-refractivity contribution is 7.98. The first-order valence-corrected chi connectivity index (χ1v) is 9.82. The van der Waals surface area contributed by atoms with Gasteiger partial charge in [-0.1, -0.05) is 59.4 Å². The molecule has 0 radical (unpaired) electrons. The van der Waals surface area contributed by atoms with Crippen molar-refractivity contribution < 1.29 is 13.7 Å². The molecule has 0 saturated carbocycles. The number of aromatic nitrogens is 3. The first-order chi connectivity index (χ1) is 13.7. The Kier molecular flexibility index (Phi) is 5.43. The number of ether oxygens (including phenoxy) is 1. The predicted molar refractivity (Wildman–Crippen MR) is 106 cm³/mol. The van der Waals surface area contributed by atoms with E-state index < -0.39 is 0 Å². The molecule has 0 fully saturated rings. The maximum atomic E-state index is 5.80. The highest BCUT2D eigenvalue weighted by atomic mass is 32.2. The second kappa shape index (κ2) is 8.31. The van der Waals surface area contributed by atoms with E-state index in [1.165, 1.54) is 11.8 Å². The van der Waals surface area contributed by atoms with Crippen molar-refractivity contribution in [2.75, 3.05) is 0 Å². The van der Waals surface area contributed by atoms with E-state index in [4.69, 9.17) is 13.7 Å². The van der Waals surface area contributed by atoms with Crippen LogP contribution in [0.25, 0.3) is 11.3 Å². The second-order valence-electron chi connectivity index (χ2n) is 6.35. The third-order valence-electron chi connectivity index (χ3n) is 4.11. The molecule has 0 bridgehead atoms. The van der Waals surface area contributed by atoms with Crippen LogP contribution in [0.15, 0.2) is 68.8 Å². The molecule has 28 heavy (non-hydrogen) atoms. The van der Waals surface area contributed by atoms with E-state index in [9.17, 15) is 0 Å². The van der Waals surface area contributed by atoms with Gasteiger partial charge in [0, 0.05) is 11.6 Å². The van der Waals surface area contributed by atoms with Crippen molar-refractivity contribution in [1.29, 1.82) is 0 Å². The lowest BCUT2D eigenvalue weighted by Crippen LogP contribution is -1.97. The average molecular weight is 393 g/mol. The standard InChI is InChI=1S/C21H19N3O3S/c1-14-8-9-15(2)19(10-14)25-12-20-22-23-21(26-20)28-13-17-11-18(24-27-17)16-6-4-3-5-7-16/h3-11H,12-13H2,1-2H3. The van der Waals surface area contributed by atoms with Crippen molar-refractivity contribution >= 4 is 11.8 Å². The van der Waals surface area contributed by atoms with Crippen LogP contribution in [0.5, 0.6) is 5.75 Å². The summed E-state index contributed by atoms with van der Waals surface area (Å²) in [4.78, 5) is 0. The molecule has 0 spiro atoms. The van der Waals surface area contributed by atoms with Crippen molar-refractivity contribution in [2.24, 2.45) is 0 Å². The maximum Gasteiger partial charge on any atom is 0.277 e. The summed E-state index contributed by atoms with van der Waals surface area (Å²) in [5.41, 5.74) is 4.04. The minimum absolute atomic E-state index is 0.234. The van der Waals surface area contributed by atoms with Gasteiger partial charge >= 0.3 is 0 Å². The number of aryl methyl sites for hydroxylation is 2. The van der Waals surface area contributed by atoms with E-state index in [2.05, 4.69) is 21.4 Å². The molecular formula is C21H19N3O3S. The topological polar surface area (TPSA) is 74.2 Å².